The molecule has 0 saturated carbocycles. The number of rotatable bonds is 4. The van der Waals surface area contributed by atoms with E-state index in [1.807, 2.05) is 0 Å². The van der Waals surface area contributed by atoms with E-state index >= 15 is 0 Å². The molecule has 0 unspecified atom stereocenters. The first-order valence-corrected chi connectivity index (χ1v) is 5.12. The van der Waals surface area contributed by atoms with Crippen LogP contribution in [0.4, 0.5) is 11.4 Å². The maximum absolute atomic E-state index is 10.9. The Labute approximate surface area is 110 Å². The summed E-state index contributed by atoms with van der Waals surface area (Å²) in [4.78, 5) is 30.7. The fourth-order valence-corrected chi connectivity index (χ4v) is 1.54. The molecule has 0 saturated heterocycles. The van der Waals surface area contributed by atoms with Crippen molar-refractivity contribution in [3.63, 3.8) is 0 Å². The zero-order chi connectivity index (χ0) is 14.9. The molecule has 10 nitrogen and oxygen atoms in total. The normalized spacial score (nSPS) is 10.2. The zero-order valence-electron chi connectivity index (χ0n) is 9.66. The monoisotopic (exact) mass is 278 g/mol. The minimum Gasteiger partial charge on any atom is -0.476 e. The predicted molar refractivity (Wildman–Crippen MR) is 63.8 cm³/mol. The van der Waals surface area contributed by atoms with Crippen LogP contribution in [0.5, 0.6) is 0 Å². The van der Waals surface area contributed by atoms with E-state index in [4.69, 9.17) is 5.11 Å². The highest BCUT2D eigenvalue weighted by atomic mass is 16.6. The van der Waals surface area contributed by atoms with Gasteiger partial charge in [0.2, 0.25) is 0 Å². The molecule has 2 aromatic rings. The number of nitrogens with zero attached hydrogens (tertiary/aromatic N) is 4. The van der Waals surface area contributed by atoms with Crippen LogP contribution < -0.4 is 0 Å². The Balaban J connectivity index is 2.57. The first-order valence-electron chi connectivity index (χ1n) is 5.12. The molecule has 0 spiro atoms. The molecule has 0 aliphatic rings. The molecule has 0 amide bonds. The van der Waals surface area contributed by atoms with Gasteiger partial charge in [-0.3, -0.25) is 20.2 Å². The van der Waals surface area contributed by atoms with Gasteiger partial charge in [-0.2, -0.15) is 5.10 Å². The van der Waals surface area contributed by atoms with Crippen LogP contribution in [-0.4, -0.2) is 30.7 Å². The van der Waals surface area contributed by atoms with E-state index in [1.165, 1.54) is 6.20 Å². The van der Waals surface area contributed by atoms with Gasteiger partial charge in [-0.25, -0.2) is 9.48 Å². The van der Waals surface area contributed by atoms with Crippen LogP contribution in [0, 0.1) is 20.2 Å². The van der Waals surface area contributed by atoms with Gasteiger partial charge in [-0.05, 0) is 12.1 Å². The summed E-state index contributed by atoms with van der Waals surface area (Å²) in [6.45, 7) is 0. The minimum atomic E-state index is -1.28. The van der Waals surface area contributed by atoms with E-state index in [2.05, 4.69) is 5.10 Å². The lowest BCUT2D eigenvalue weighted by atomic mass is 10.2. The van der Waals surface area contributed by atoms with Gasteiger partial charge in [0, 0.05) is 12.3 Å². The number of nitro benzene ring substituents is 2. The summed E-state index contributed by atoms with van der Waals surface area (Å²) < 4.78 is 0.977. The number of hydrogen-bond acceptors (Lipinski definition) is 6. The Morgan fingerprint density at radius 3 is 2.40 bits per heavy atom. The zero-order valence-corrected chi connectivity index (χ0v) is 9.66. The Morgan fingerprint density at radius 1 is 1.20 bits per heavy atom. The van der Waals surface area contributed by atoms with E-state index in [0.717, 1.165) is 28.9 Å². The molecule has 0 fully saturated rings. The molecule has 1 aromatic carbocycles. The van der Waals surface area contributed by atoms with Crippen molar-refractivity contribution in [3.05, 3.63) is 56.4 Å². The van der Waals surface area contributed by atoms with Crippen molar-refractivity contribution in [2.45, 2.75) is 0 Å². The molecule has 10 heteroatoms. The molecule has 20 heavy (non-hydrogen) atoms. The second kappa shape index (κ2) is 4.76. The third-order valence-electron chi connectivity index (χ3n) is 2.42. The number of carboxylic acids is 1. The highest BCUT2D eigenvalue weighted by Gasteiger charge is 2.21. The number of carboxylic acid groups (broad SMARTS) is 1. The predicted octanol–water partition coefficient (Wildman–Crippen LogP) is 1.39. The van der Waals surface area contributed by atoms with Gasteiger partial charge >= 0.3 is 11.7 Å². The van der Waals surface area contributed by atoms with Gasteiger partial charge in [0.05, 0.1) is 15.9 Å². The lowest BCUT2D eigenvalue weighted by Crippen LogP contribution is -2.04. The van der Waals surface area contributed by atoms with Crippen LogP contribution in [0.25, 0.3) is 5.69 Å². The van der Waals surface area contributed by atoms with E-state index in [0.29, 0.717) is 0 Å². The largest absolute Gasteiger partial charge is 0.476 e. The van der Waals surface area contributed by atoms with E-state index in [1.54, 1.807) is 0 Å². The van der Waals surface area contributed by atoms with Crippen molar-refractivity contribution in [2.75, 3.05) is 0 Å². The summed E-state index contributed by atoms with van der Waals surface area (Å²) in [6.07, 6.45) is 1.22. The highest BCUT2D eigenvalue weighted by molar-refractivity contribution is 5.85. The molecule has 1 heterocycles. The molecule has 0 radical (unpaired) electrons. The lowest BCUT2D eigenvalue weighted by molar-refractivity contribution is -0.394. The van der Waals surface area contributed by atoms with Gasteiger partial charge in [0.25, 0.3) is 5.69 Å². The number of hydrogen-bond donors (Lipinski definition) is 1. The smallest absolute Gasteiger partial charge is 0.356 e. The van der Waals surface area contributed by atoms with Crippen LogP contribution in [0.2, 0.25) is 0 Å². The first-order chi connectivity index (χ1) is 9.40. The number of aromatic carboxylic acids is 1. The average Bonchev–Trinajstić information content (AvgIpc) is 2.87. The topological polar surface area (TPSA) is 141 Å². The Morgan fingerprint density at radius 2 is 1.90 bits per heavy atom. The molecule has 0 aliphatic carbocycles. The summed E-state index contributed by atoms with van der Waals surface area (Å²) in [7, 11) is 0. The number of non-ortho nitro benzene ring substituents is 1. The van der Waals surface area contributed by atoms with E-state index < -0.39 is 27.2 Å². The summed E-state index contributed by atoms with van der Waals surface area (Å²) in [5, 5.41) is 33.9. The molecule has 0 bridgehead atoms. The van der Waals surface area contributed by atoms with Crippen molar-refractivity contribution in [1.29, 1.82) is 0 Å². The SMILES string of the molecule is O=C(O)c1ccn(-c2ccc([N+](=O)[O-])cc2[N+](=O)[O-])n1. The summed E-state index contributed by atoms with van der Waals surface area (Å²) in [5.74, 6) is -1.28. The maximum Gasteiger partial charge on any atom is 0.356 e. The van der Waals surface area contributed by atoms with Crippen molar-refractivity contribution < 1.29 is 19.7 Å². The molecule has 1 aromatic heterocycles. The molecule has 102 valence electrons. The molecular weight excluding hydrogens is 272 g/mol. The Kier molecular flexibility index (Phi) is 3.13. The van der Waals surface area contributed by atoms with E-state index in [-0.39, 0.29) is 11.4 Å². The molecular formula is C10H6N4O6. The van der Waals surface area contributed by atoms with Crippen molar-refractivity contribution in [1.82, 2.24) is 9.78 Å². The quantitative estimate of drug-likeness (QED) is 0.657. The number of benzene rings is 1. The van der Waals surface area contributed by atoms with Crippen molar-refractivity contribution >= 4 is 17.3 Å². The Bertz CT molecular complexity index is 722. The highest BCUT2D eigenvalue weighted by Crippen LogP contribution is 2.27. The van der Waals surface area contributed by atoms with Gasteiger partial charge in [0.1, 0.15) is 5.69 Å². The van der Waals surface area contributed by atoms with Crippen molar-refractivity contribution in [2.24, 2.45) is 0 Å². The summed E-state index contributed by atoms with van der Waals surface area (Å²) in [5.41, 5.74) is -1.34. The average molecular weight is 278 g/mol. The third-order valence-corrected chi connectivity index (χ3v) is 2.42. The number of aromatic nitrogens is 2. The van der Waals surface area contributed by atoms with Crippen LogP contribution in [-0.2, 0) is 0 Å². The Hall–Kier alpha value is -3.30. The maximum atomic E-state index is 10.9. The first kappa shape index (κ1) is 13.1. The van der Waals surface area contributed by atoms with Gasteiger partial charge in [-0.1, -0.05) is 0 Å². The van der Waals surface area contributed by atoms with Crippen LogP contribution in [0.1, 0.15) is 10.5 Å². The van der Waals surface area contributed by atoms with Crippen LogP contribution in [0.15, 0.2) is 30.5 Å². The third kappa shape index (κ3) is 2.29. The minimum absolute atomic E-state index is 0.0619. The summed E-state index contributed by atoms with van der Waals surface area (Å²) >= 11 is 0. The van der Waals surface area contributed by atoms with Gasteiger partial charge in [-0.15, -0.1) is 0 Å². The van der Waals surface area contributed by atoms with Crippen LogP contribution >= 0.6 is 0 Å². The lowest BCUT2D eigenvalue weighted by Gasteiger charge is -2.02. The number of nitro groups is 2. The van der Waals surface area contributed by atoms with Crippen LogP contribution in [0.3, 0.4) is 0 Å². The second-order valence-electron chi connectivity index (χ2n) is 3.64. The molecule has 0 atom stereocenters. The fraction of sp³-hybridized carbons (Fsp3) is 0. The van der Waals surface area contributed by atoms with Gasteiger partial charge in [0.15, 0.2) is 5.69 Å². The fourth-order valence-electron chi connectivity index (χ4n) is 1.54. The molecule has 1 N–H and O–H groups in total. The standard InChI is InChI=1S/C10H6N4O6/c15-10(16)7-3-4-12(11-7)8-2-1-6(13(17)18)5-9(8)14(19)20/h1-5H,(H,15,16). The molecule has 0 aliphatic heterocycles. The van der Waals surface area contributed by atoms with Crippen molar-refractivity contribution in [3.8, 4) is 5.69 Å². The summed E-state index contributed by atoms with van der Waals surface area (Å²) in [6, 6.07) is 4.16. The van der Waals surface area contributed by atoms with E-state index in [9.17, 15) is 25.0 Å². The second-order valence-corrected chi connectivity index (χ2v) is 3.64. The molecule has 2 rings (SSSR count). The van der Waals surface area contributed by atoms with Gasteiger partial charge < -0.3 is 5.11 Å². The number of carbonyl (C=O) groups is 1.